The van der Waals surface area contributed by atoms with Gasteiger partial charge in [-0.2, -0.15) is 0 Å². The molecule has 0 saturated carbocycles. The highest BCUT2D eigenvalue weighted by molar-refractivity contribution is 5.99. The van der Waals surface area contributed by atoms with Crippen LogP contribution in [-0.2, 0) is 11.8 Å². The molecule has 2 amide bonds. The summed E-state index contributed by atoms with van der Waals surface area (Å²) in [6, 6.07) is 14.9. The van der Waals surface area contributed by atoms with Gasteiger partial charge in [0, 0.05) is 12.6 Å². The van der Waals surface area contributed by atoms with Crippen LogP contribution in [0.1, 0.15) is 54.1 Å². The molecule has 1 aliphatic heterocycles. The van der Waals surface area contributed by atoms with Crippen LogP contribution in [-0.4, -0.2) is 21.4 Å². The van der Waals surface area contributed by atoms with Crippen LogP contribution >= 0.6 is 0 Å². The molecular formula is C22H24N4O2. The van der Waals surface area contributed by atoms with Crippen LogP contribution in [0.5, 0.6) is 0 Å². The second-order valence-corrected chi connectivity index (χ2v) is 7.62. The lowest BCUT2D eigenvalue weighted by Gasteiger charge is -2.23. The summed E-state index contributed by atoms with van der Waals surface area (Å²) in [6.45, 7) is 4.13. The van der Waals surface area contributed by atoms with Crippen LogP contribution in [0.4, 0.5) is 0 Å². The maximum atomic E-state index is 12.8. The first-order chi connectivity index (χ1) is 13.5. The predicted octanol–water partition coefficient (Wildman–Crippen LogP) is 3.26. The average molecular weight is 376 g/mol. The number of hydrogen-bond acceptors (Lipinski definition) is 3. The van der Waals surface area contributed by atoms with Crippen molar-refractivity contribution >= 4 is 22.8 Å². The summed E-state index contributed by atoms with van der Waals surface area (Å²) in [6.07, 6.45) is 0.204. The van der Waals surface area contributed by atoms with Crippen molar-refractivity contribution in [1.82, 2.24) is 20.2 Å². The Morgan fingerprint density at radius 2 is 1.89 bits per heavy atom. The van der Waals surface area contributed by atoms with Gasteiger partial charge in [-0.25, -0.2) is 4.98 Å². The molecule has 0 aliphatic carbocycles. The van der Waals surface area contributed by atoms with Crippen molar-refractivity contribution in [3.05, 3.63) is 65.5 Å². The highest BCUT2D eigenvalue weighted by atomic mass is 16.2. The quantitative estimate of drug-likeness (QED) is 0.718. The number of amides is 2. The van der Waals surface area contributed by atoms with E-state index in [0.717, 1.165) is 22.4 Å². The van der Waals surface area contributed by atoms with Crippen LogP contribution in [0.3, 0.4) is 0 Å². The van der Waals surface area contributed by atoms with Gasteiger partial charge >= 0.3 is 0 Å². The van der Waals surface area contributed by atoms with Gasteiger partial charge in [0.15, 0.2) is 0 Å². The van der Waals surface area contributed by atoms with E-state index >= 15 is 0 Å². The fourth-order valence-corrected chi connectivity index (χ4v) is 3.87. The first-order valence-electron chi connectivity index (χ1n) is 9.56. The summed E-state index contributed by atoms with van der Waals surface area (Å²) in [7, 11) is 1.97. The van der Waals surface area contributed by atoms with E-state index in [2.05, 4.69) is 24.5 Å². The van der Waals surface area contributed by atoms with Crippen molar-refractivity contribution in [2.75, 3.05) is 0 Å². The molecule has 0 fully saturated rings. The van der Waals surface area contributed by atoms with E-state index in [1.807, 2.05) is 54.1 Å². The summed E-state index contributed by atoms with van der Waals surface area (Å²) >= 11 is 0. The number of aromatic nitrogens is 2. The minimum absolute atomic E-state index is 0.104. The molecule has 28 heavy (non-hydrogen) atoms. The maximum Gasteiger partial charge on any atom is 0.252 e. The third-order valence-electron chi connectivity index (χ3n) is 5.36. The zero-order valence-electron chi connectivity index (χ0n) is 16.3. The molecule has 2 aromatic carbocycles. The lowest BCUT2D eigenvalue weighted by atomic mass is 10.0. The third-order valence-corrected chi connectivity index (χ3v) is 5.36. The Morgan fingerprint density at radius 3 is 2.64 bits per heavy atom. The van der Waals surface area contributed by atoms with E-state index in [1.165, 1.54) is 0 Å². The Kier molecular flexibility index (Phi) is 4.63. The average Bonchev–Trinajstić information content (AvgIpc) is 3.18. The maximum absolute atomic E-state index is 12.8. The number of fused-ring (bicyclic) bond motifs is 2. The summed E-state index contributed by atoms with van der Waals surface area (Å²) < 4.78 is 2.03. The molecule has 6 heteroatoms. The zero-order chi connectivity index (χ0) is 19.8. The van der Waals surface area contributed by atoms with Gasteiger partial charge in [-0.15, -0.1) is 0 Å². The van der Waals surface area contributed by atoms with Crippen molar-refractivity contribution < 1.29 is 9.59 Å². The summed E-state index contributed by atoms with van der Waals surface area (Å²) in [5.74, 6) is 0.780. The number of imidazole rings is 1. The Hall–Kier alpha value is -3.15. The number of hydrogen-bond donors (Lipinski definition) is 2. The summed E-state index contributed by atoms with van der Waals surface area (Å²) in [5.41, 5.74) is 3.48. The topological polar surface area (TPSA) is 76.0 Å². The number of nitrogens with one attached hydrogen (secondary N) is 2. The molecular weight excluding hydrogens is 352 g/mol. The van der Waals surface area contributed by atoms with E-state index in [4.69, 9.17) is 4.98 Å². The number of para-hydroxylation sites is 2. The fraction of sp³-hybridized carbons (Fsp3) is 0.318. The van der Waals surface area contributed by atoms with Crippen LogP contribution in [0.2, 0.25) is 0 Å². The van der Waals surface area contributed by atoms with Gasteiger partial charge < -0.3 is 15.2 Å². The number of rotatable bonds is 5. The molecule has 144 valence electrons. The summed E-state index contributed by atoms with van der Waals surface area (Å²) in [5, 5.41) is 6.04. The molecule has 6 nitrogen and oxygen atoms in total. The third kappa shape index (κ3) is 3.15. The predicted molar refractivity (Wildman–Crippen MR) is 108 cm³/mol. The van der Waals surface area contributed by atoms with Crippen molar-refractivity contribution in [3.8, 4) is 0 Å². The van der Waals surface area contributed by atoms with Crippen LogP contribution in [0, 0.1) is 5.92 Å². The highest BCUT2D eigenvalue weighted by Crippen LogP contribution is 2.29. The van der Waals surface area contributed by atoms with Gasteiger partial charge in [0.2, 0.25) is 5.91 Å². The molecule has 2 heterocycles. The molecule has 0 unspecified atom stereocenters. The molecule has 3 aromatic rings. The van der Waals surface area contributed by atoms with Crippen LogP contribution < -0.4 is 10.6 Å². The molecule has 1 aliphatic rings. The Balaban J connectivity index is 1.55. The van der Waals surface area contributed by atoms with Gasteiger partial charge in [-0.3, -0.25) is 9.59 Å². The summed E-state index contributed by atoms with van der Waals surface area (Å²) in [4.78, 5) is 29.7. The van der Waals surface area contributed by atoms with E-state index < -0.39 is 0 Å². The van der Waals surface area contributed by atoms with Crippen molar-refractivity contribution in [1.29, 1.82) is 0 Å². The van der Waals surface area contributed by atoms with Gasteiger partial charge in [0.25, 0.3) is 5.91 Å². The first kappa shape index (κ1) is 18.2. The smallest absolute Gasteiger partial charge is 0.252 e. The Morgan fingerprint density at radius 1 is 1.18 bits per heavy atom. The van der Waals surface area contributed by atoms with Gasteiger partial charge in [-0.1, -0.05) is 44.2 Å². The van der Waals surface area contributed by atoms with Crippen LogP contribution in [0.15, 0.2) is 48.5 Å². The normalized spacial score (nSPS) is 16.9. The molecule has 4 rings (SSSR count). The number of benzene rings is 2. The van der Waals surface area contributed by atoms with Gasteiger partial charge in [-0.05, 0) is 29.7 Å². The molecule has 2 N–H and O–H groups in total. The standard InChI is InChI=1S/C22H24N4O2/c1-13(2)20(21-23-16-10-6-7-11-18(16)26(21)3)25-19(27)12-17-14-8-4-5-9-15(14)22(28)24-17/h4-11,13,17,20H,12H2,1-3H3,(H,24,28)(H,25,27)/t17-,20-/m1/s1. The molecule has 1 aromatic heterocycles. The Labute approximate surface area is 164 Å². The number of aryl methyl sites for hydroxylation is 1. The number of nitrogens with zero attached hydrogens (tertiary/aromatic N) is 2. The minimum atomic E-state index is -0.294. The van der Waals surface area contributed by atoms with Crippen LogP contribution in [0.25, 0.3) is 11.0 Å². The first-order valence-corrected chi connectivity index (χ1v) is 9.56. The molecule has 0 saturated heterocycles. The van der Waals surface area contributed by atoms with Crippen molar-refractivity contribution in [2.45, 2.75) is 32.4 Å². The molecule has 0 radical (unpaired) electrons. The zero-order valence-corrected chi connectivity index (χ0v) is 16.3. The van der Waals surface area contributed by atoms with E-state index in [-0.39, 0.29) is 36.2 Å². The fourth-order valence-electron chi connectivity index (χ4n) is 3.87. The minimum Gasteiger partial charge on any atom is -0.346 e. The van der Waals surface area contributed by atoms with Gasteiger partial charge in [0.1, 0.15) is 5.82 Å². The van der Waals surface area contributed by atoms with E-state index in [0.29, 0.717) is 5.56 Å². The Bertz CT molecular complexity index is 1050. The monoisotopic (exact) mass is 376 g/mol. The highest BCUT2D eigenvalue weighted by Gasteiger charge is 2.31. The second-order valence-electron chi connectivity index (χ2n) is 7.62. The molecule has 2 atom stereocenters. The number of carbonyl (C=O) groups excluding carboxylic acids is 2. The lowest BCUT2D eigenvalue weighted by molar-refractivity contribution is -0.122. The van der Waals surface area contributed by atoms with E-state index in [9.17, 15) is 9.59 Å². The molecule has 0 bridgehead atoms. The second kappa shape index (κ2) is 7.11. The SMILES string of the molecule is CC(C)[C@@H](NC(=O)C[C@H]1NC(=O)c2ccccc21)c1nc2ccccc2n1C. The van der Waals surface area contributed by atoms with E-state index in [1.54, 1.807) is 6.07 Å². The molecule has 0 spiro atoms. The lowest BCUT2D eigenvalue weighted by Crippen LogP contribution is -2.35. The number of carbonyl (C=O) groups is 2. The van der Waals surface area contributed by atoms with Crippen molar-refractivity contribution in [3.63, 3.8) is 0 Å². The largest absolute Gasteiger partial charge is 0.346 e. The van der Waals surface area contributed by atoms with Gasteiger partial charge in [0.05, 0.1) is 29.5 Å². The van der Waals surface area contributed by atoms with Crippen molar-refractivity contribution in [2.24, 2.45) is 13.0 Å².